The molecule has 0 radical (unpaired) electrons. The van der Waals surface area contributed by atoms with Gasteiger partial charge >= 0.3 is 0 Å². The molecule has 4 aromatic rings. The topological polar surface area (TPSA) is 213 Å². The van der Waals surface area contributed by atoms with Crippen LogP contribution in [-0.2, 0) is 35.3 Å². The zero-order valence-corrected chi connectivity index (χ0v) is 26.2. The lowest BCUT2D eigenvalue weighted by molar-refractivity contribution is -0.991. The Hall–Kier alpha value is -6.14. The lowest BCUT2D eigenvalue weighted by atomic mass is 9.93. The number of fused-ring (bicyclic) bond motifs is 2. The Morgan fingerprint density at radius 3 is 1.31 bits per heavy atom. The molecule has 4 aliphatic rings. The maximum atomic E-state index is 13.5. The summed E-state index contributed by atoms with van der Waals surface area (Å²) in [7, 11) is 0. The van der Waals surface area contributed by atoms with Gasteiger partial charge in [-0.15, -0.1) is 0 Å². The summed E-state index contributed by atoms with van der Waals surface area (Å²) in [6.45, 7) is 0. The normalized spacial score (nSPS) is 23.5. The lowest BCUT2D eigenvalue weighted by Crippen LogP contribution is -2.99. The molecule has 4 aromatic carbocycles. The number of para-hydroxylation sites is 2. The number of rotatable bonds is 8. The first-order valence-corrected chi connectivity index (χ1v) is 15.7. The zero-order chi connectivity index (χ0) is 35.6. The van der Waals surface area contributed by atoms with Crippen LogP contribution in [-0.4, -0.2) is 57.7 Å². The number of anilines is 2. The van der Waals surface area contributed by atoms with E-state index in [1.807, 2.05) is 0 Å². The molecule has 256 valence electrons. The van der Waals surface area contributed by atoms with E-state index in [1.54, 1.807) is 72.8 Å². The van der Waals surface area contributed by atoms with Gasteiger partial charge in [0.1, 0.15) is 23.3 Å². The molecule has 51 heavy (non-hydrogen) atoms. The summed E-state index contributed by atoms with van der Waals surface area (Å²) < 4.78 is 0. The summed E-state index contributed by atoms with van der Waals surface area (Å²) in [5.74, 6) is -4.54. The molecular weight excluding hydrogens is 664 g/mol. The van der Waals surface area contributed by atoms with E-state index in [-0.39, 0.29) is 33.9 Å². The van der Waals surface area contributed by atoms with E-state index in [0.717, 1.165) is 20.9 Å². The molecule has 8 rings (SSSR count). The number of hydrogen-bond acceptors (Lipinski definition) is 12. The number of hydrogen-bond donors (Lipinski definition) is 4. The van der Waals surface area contributed by atoms with Gasteiger partial charge in [-0.25, -0.2) is 20.2 Å². The summed E-state index contributed by atoms with van der Waals surface area (Å²) in [6, 6.07) is 25.7. The van der Waals surface area contributed by atoms with Gasteiger partial charge in [-0.2, -0.15) is 10.5 Å². The summed E-state index contributed by atoms with van der Waals surface area (Å²) in [5, 5.41) is 48.2. The third-order valence-corrected chi connectivity index (χ3v) is 9.29. The Balaban J connectivity index is 0.957. The van der Waals surface area contributed by atoms with Gasteiger partial charge in [0.05, 0.1) is 22.5 Å². The minimum Gasteiger partial charge on any atom is -0.595 e. The van der Waals surface area contributed by atoms with Gasteiger partial charge in [-0.3, -0.25) is 19.2 Å². The molecule has 0 bridgehead atoms. The number of nitrogens with zero attached hydrogens (tertiary/aromatic N) is 4. The average molecular weight is 691 g/mol. The first kappa shape index (κ1) is 32.1. The zero-order valence-electron chi connectivity index (χ0n) is 26.2. The fourth-order valence-electron chi connectivity index (χ4n) is 6.86. The van der Waals surface area contributed by atoms with Crippen molar-refractivity contribution in [3.63, 3.8) is 0 Å². The van der Waals surface area contributed by atoms with E-state index in [9.17, 15) is 40.0 Å². The Morgan fingerprint density at radius 1 is 0.569 bits per heavy atom. The van der Waals surface area contributed by atoms with E-state index < -0.39 is 58.1 Å². The largest absolute Gasteiger partial charge is 0.595 e. The van der Waals surface area contributed by atoms with Crippen molar-refractivity contribution >= 4 is 57.8 Å². The molecule has 0 saturated carbocycles. The number of oxime groups is 2. The van der Waals surface area contributed by atoms with Crippen molar-refractivity contribution in [1.29, 1.82) is 0 Å². The number of nitrogens with one attached hydrogen (secondary N) is 2. The Kier molecular flexibility index (Phi) is 7.75. The lowest BCUT2D eigenvalue weighted by Gasteiger charge is -2.18. The maximum Gasteiger partial charge on any atom is 0.278 e. The Bertz CT molecular complexity index is 2020. The van der Waals surface area contributed by atoms with Gasteiger partial charge in [-0.05, 0) is 53.9 Å². The number of quaternary nitrogens is 2. The predicted molar refractivity (Wildman–Crippen MR) is 175 cm³/mol. The fraction of sp³-hybridized carbons (Fsp3) is 0.143. The Morgan fingerprint density at radius 2 is 0.941 bits per heavy atom. The molecule has 4 aliphatic heterocycles. The molecule has 2 saturated heterocycles. The minimum absolute atomic E-state index is 0.0606. The fourth-order valence-corrected chi connectivity index (χ4v) is 6.86. The summed E-state index contributed by atoms with van der Waals surface area (Å²) >= 11 is 0. The second-order valence-electron chi connectivity index (χ2n) is 12.2. The summed E-state index contributed by atoms with van der Waals surface area (Å²) in [6.07, 6.45) is -1.96. The van der Waals surface area contributed by atoms with Gasteiger partial charge in [0.25, 0.3) is 11.8 Å². The molecule has 16 heteroatoms. The second-order valence-corrected chi connectivity index (χ2v) is 12.2. The molecule has 6 unspecified atom stereocenters. The highest BCUT2D eigenvalue weighted by Gasteiger charge is 2.58. The van der Waals surface area contributed by atoms with Crippen molar-refractivity contribution in [2.75, 3.05) is 9.80 Å². The van der Waals surface area contributed by atoms with Crippen LogP contribution in [0.3, 0.4) is 0 Å². The van der Waals surface area contributed by atoms with Gasteiger partial charge in [-0.1, -0.05) is 58.8 Å². The van der Waals surface area contributed by atoms with Crippen LogP contribution in [0.25, 0.3) is 0 Å². The van der Waals surface area contributed by atoms with Crippen molar-refractivity contribution < 1.29 is 49.7 Å². The van der Waals surface area contributed by atoms with Gasteiger partial charge in [0, 0.05) is 12.1 Å². The second kappa shape index (κ2) is 12.3. The molecule has 0 aliphatic carbocycles. The van der Waals surface area contributed by atoms with Crippen LogP contribution in [0.5, 0.6) is 0 Å². The monoisotopic (exact) mass is 690 g/mol. The SMILES string of the molecule is O=C1C2ON=C(c3ccccc3[NH+]([O-])O)C2C(=O)N1c1ccc(Cc2ccc(N3C(=O)C4ON=C(c5ccccc5[NH+]([O-])O)C4C3=O)cc2)cc1. The molecule has 4 amide bonds. The van der Waals surface area contributed by atoms with Crippen LogP contribution in [0.4, 0.5) is 22.7 Å². The Labute approximate surface area is 287 Å². The molecule has 4 N–H and O–H groups in total. The molecule has 0 aromatic heterocycles. The first-order chi connectivity index (χ1) is 24.6. The van der Waals surface area contributed by atoms with Crippen molar-refractivity contribution in [3.05, 3.63) is 130 Å². The third-order valence-electron chi connectivity index (χ3n) is 9.29. The van der Waals surface area contributed by atoms with Gasteiger partial charge < -0.3 is 20.1 Å². The molecule has 4 heterocycles. The highest BCUT2D eigenvalue weighted by atomic mass is 16.8. The van der Waals surface area contributed by atoms with Crippen LogP contribution in [0.2, 0.25) is 0 Å². The van der Waals surface area contributed by atoms with Gasteiger partial charge in [0.15, 0.2) is 11.4 Å². The predicted octanol–water partition coefficient (Wildman–Crippen LogP) is 0.669. The van der Waals surface area contributed by atoms with E-state index in [1.165, 1.54) is 24.3 Å². The third kappa shape index (κ3) is 5.18. The number of carbonyl (C=O) groups excluding carboxylic acids is 4. The van der Waals surface area contributed by atoms with Crippen LogP contribution in [0.1, 0.15) is 22.3 Å². The van der Waals surface area contributed by atoms with E-state index in [0.29, 0.717) is 17.8 Å². The van der Waals surface area contributed by atoms with Crippen molar-refractivity contribution in [2.45, 2.75) is 18.6 Å². The summed E-state index contributed by atoms with van der Waals surface area (Å²) in [4.78, 5) is 66.3. The van der Waals surface area contributed by atoms with E-state index >= 15 is 0 Å². The van der Waals surface area contributed by atoms with Crippen molar-refractivity contribution in [3.8, 4) is 0 Å². The summed E-state index contributed by atoms with van der Waals surface area (Å²) in [5.41, 5.74) is 2.79. The average Bonchev–Trinajstić information content (AvgIpc) is 3.88. The van der Waals surface area contributed by atoms with Crippen LogP contribution in [0, 0.1) is 22.3 Å². The molecule has 6 atom stereocenters. The first-order valence-electron chi connectivity index (χ1n) is 15.7. The van der Waals surface area contributed by atoms with Crippen LogP contribution < -0.4 is 20.3 Å². The number of carbonyl (C=O) groups is 4. The molecule has 16 nitrogen and oxygen atoms in total. The molecular formula is C35H26N6O10. The number of imide groups is 2. The quantitative estimate of drug-likeness (QED) is 0.150. The number of amides is 4. The van der Waals surface area contributed by atoms with Crippen LogP contribution in [0.15, 0.2) is 107 Å². The van der Waals surface area contributed by atoms with Crippen molar-refractivity contribution in [1.82, 2.24) is 0 Å². The highest BCUT2D eigenvalue weighted by molar-refractivity contribution is 6.34. The standard InChI is InChI=1S/C35H26N6O10/c42-32-26-28(22-5-1-3-7-24(22)40(46)47)36-50-30(26)34(44)38(32)20-13-9-18(10-14-20)17-19-11-15-21(16-12-19)39-33(43)27-29(37-51-31(27)35(39)45)23-6-2-4-8-25(23)41(48)49/h1-16,26-27,30-31,40-41,46,48H,17H2. The smallest absolute Gasteiger partial charge is 0.278 e. The van der Waals surface area contributed by atoms with Crippen LogP contribution >= 0.6 is 0 Å². The highest BCUT2D eigenvalue weighted by Crippen LogP contribution is 2.38. The van der Waals surface area contributed by atoms with Crippen molar-refractivity contribution in [2.24, 2.45) is 22.1 Å². The number of benzene rings is 4. The van der Waals surface area contributed by atoms with Gasteiger partial charge in [0.2, 0.25) is 24.0 Å². The molecule has 2 fully saturated rings. The van der Waals surface area contributed by atoms with E-state index in [2.05, 4.69) is 10.3 Å². The minimum atomic E-state index is -1.20. The maximum absolute atomic E-state index is 13.5. The van der Waals surface area contributed by atoms with E-state index in [4.69, 9.17) is 9.68 Å². The molecule has 0 spiro atoms.